The van der Waals surface area contributed by atoms with Crippen LogP contribution in [0.4, 0.5) is 0 Å². The summed E-state index contributed by atoms with van der Waals surface area (Å²) in [4.78, 5) is 27.4. The van der Waals surface area contributed by atoms with Gasteiger partial charge in [-0.1, -0.05) is 61.9 Å². The highest BCUT2D eigenvalue weighted by molar-refractivity contribution is 5.97. The Labute approximate surface area is 161 Å². The van der Waals surface area contributed by atoms with E-state index in [2.05, 4.69) is 41.8 Å². The van der Waals surface area contributed by atoms with Crippen molar-refractivity contribution in [2.45, 2.75) is 76.5 Å². The van der Waals surface area contributed by atoms with E-state index in [4.69, 9.17) is 0 Å². The van der Waals surface area contributed by atoms with Gasteiger partial charge < -0.3 is 15.5 Å². The molecule has 2 N–H and O–H groups in total. The van der Waals surface area contributed by atoms with E-state index in [1.165, 1.54) is 43.2 Å². The maximum Gasteiger partial charge on any atom is 0.245 e. The third-order valence-electron chi connectivity index (χ3n) is 6.47. The second kappa shape index (κ2) is 8.01. The van der Waals surface area contributed by atoms with Crippen molar-refractivity contribution in [3.63, 3.8) is 0 Å². The van der Waals surface area contributed by atoms with Gasteiger partial charge in [-0.15, -0.1) is 0 Å². The Balaban J connectivity index is 1.34. The van der Waals surface area contributed by atoms with Crippen molar-refractivity contribution in [3.05, 3.63) is 35.4 Å². The fourth-order valence-corrected chi connectivity index (χ4v) is 5.01. The molecule has 4 rings (SSSR count). The standard InChI is InChI=1S/C22H31N3O2/c1-15-6-5-9-17(10-15)13-23-18-12-20-21(26)24-19(22(27)25(20)14-18)11-16-7-3-2-4-8-16/h5-6,9-10,16,18-20,23H,2-4,7-8,11-14H2,1H3,(H,24,26)/t18-,19-,20-/m0/s1. The zero-order chi connectivity index (χ0) is 18.8. The van der Waals surface area contributed by atoms with Crippen molar-refractivity contribution in [3.8, 4) is 0 Å². The Kier molecular flexibility index (Phi) is 5.48. The molecule has 1 aromatic rings. The number of amides is 2. The average Bonchev–Trinajstić information content (AvgIpc) is 3.10. The molecule has 3 aliphatic rings. The molecule has 0 spiro atoms. The number of nitrogens with zero attached hydrogens (tertiary/aromatic N) is 1. The van der Waals surface area contributed by atoms with Crippen molar-refractivity contribution in [2.75, 3.05) is 6.54 Å². The first-order valence-corrected chi connectivity index (χ1v) is 10.5. The zero-order valence-electron chi connectivity index (χ0n) is 16.2. The lowest BCUT2D eigenvalue weighted by Crippen LogP contribution is -2.61. The second-order valence-electron chi connectivity index (χ2n) is 8.61. The number of nitrogens with one attached hydrogen (secondary N) is 2. The summed E-state index contributed by atoms with van der Waals surface area (Å²) in [6.07, 6.45) is 7.75. The van der Waals surface area contributed by atoms with Crippen molar-refractivity contribution in [1.82, 2.24) is 15.5 Å². The predicted molar refractivity (Wildman–Crippen MR) is 105 cm³/mol. The van der Waals surface area contributed by atoms with E-state index in [0.29, 0.717) is 18.9 Å². The van der Waals surface area contributed by atoms with Gasteiger partial charge >= 0.3 is 0 Å². The maximum absolute atomic E-state index is 13.0. The first kappa shape index (κ1) is 18.5. The molecule has 2 aliphatic heterocycles. The molecular weight excluding hydrogens is 338 g/mol. The van der Waals surface area contributed by atoms with Gasteiger partial charge in [-0.05, 0) is 31.2 Å². The summed E-state index contributed by atoms with van der Waals surface area (Å²) in [6, 6.07) is 8.01. The molecule has 0 aromatic heterocycles. The first-order chi connectivity index (χ1) is 13.1. The van der Waals surface area contributed by atoms with Crippen LogP contribution in [0.3, 0.4) is 0 Å². The SMILES string of the molecule is Cc1cccc(CN[C@H]2C[C@H]3C(=O)N[C@@H](CC4CCCCC4)C(=O)N3C2)c1. The average molecular weight is 370 g/mol. The quantitative estimate of drug-likeness (QED) is 0.838. The molecule has 3 fully saturated rings. The van der Waals surface area contributed by atoms with E-state index in [0.717, 1.165) is 13.0 Å². The summed E-state index contributed by atoms with van der Waals surface area (Å²) in [5, 5.41) is 6.57. The molecular formula is C22H31N3O2. The van der Waals surface area contributed by atoms with Crippen LogP contribution in [0.15, 0.2) is 24.3 Å². The number of hydrogen-bond donors (Lipinski definition) is 2. The number of carbonyl (C=O) groups is 2. The summed E-state index contributed by atoms with van der Waals surface area (Å²) in [5.41, 5.74) is 2.49. The Morgan fingerprint density at radius 3 is 2.78 bits per heavy atom. The van der Waals surface area contributed by atoms with Crippen LogP contribution in [-0.4, -0.2) is 41.4 Å². The minimum absolute atomic E-state index is 0.0373. The summed E-state index contributed by atoms with van der Waals surface area (Å²) < 4.78 is 0. The fraction of sp³-hybridized carbons (Fsp3) is 0.636. The Morgan fingerprint density at radius 1 is 1.19 bits per heavy atom. The summed E-state index contributed by atoms with van der Waals surface area (Å²) in [7, 11) is 0. The van der Waals surface area contributed by atoms with Crippen molar-refractivity contribution < 1.29 is 9.59 Å². The molecule has 2 saturated heterocycles. The van der Waals surface area contributed by atoms with Gasteiger partial charge in [0, 0.05) is 19.1 Å². The van der Waals surface area contributed by atoms with Gasteiger partial charge in [0.25, 0.3) is 0 Å². The van der Waals surface area contributed by atoms with E-state index >= 15 is 0 Å². The van der Waals surface area contributed by atoms with Crippen LogP contribution in [-0.2, 0) is 16.1 Å². The molecule has 5 nitrogen and oxygen atoms in total. The molecule has 0 unspecified atom stereocenters. The third-order valence-corrected chi connectivity index (χ3v) is 6.47. The van der Waals surface area contributed by atoms with E-state index in [1.807, 2.05) is 4.90 Å². The lowest BCUT2D eigenvalue weighted by molar-refractivity contribution is -0.147. The molecule has 2 amide bonds. The highest BCUT2D eigenvalue weighted by Crippen LogP contribution is 2.30. The van der Waals surface area contributed by atoms with E-state index in [9.17, 15) is 9.59 Å². The monoisotopic (exact) mass is 369 g/mol. The van der Waals surface area contributed by atoms with E-state index in [1.54, 1.807) is 0 Å². The Morgan fingerprint density at radius 2 is 2.00 bits per heavy atom. The number of benzene rings is 1. The maximum atomic E-state index is 13.0. The summed E-state index contributed by atoms with van der Waals surface area (Å²) in [6.45, 7) is 3.51. The van der Waals surface area contributed by atoms with E-state index in [-0.39, 0.29) is 29.9 Å². The highest BCUT2D eigenvalue weighted by Gasteiger charge is 2.46. The highest BCUT2D eigenvalue weighted by atomic mass is 16.2. The fourth-order valence-electron chi connectivity index (χ4n) is 5.01. The zero-order valence-corrected chi connectivity index (χ0v) is 16.2. The second-order valence-corrected chi connectivity index (χ2v) is 8.61. The number of hydrogen-bond acceptors (Lipinski definition) is 3. The third kappa shape index (κ3) is 4.18. The number of rotatable bonds is 5. The molecule has 3 atom stereocenters. The lowest BCUT2D eigenvalue weighted by Gasteiger charge is -2.36. The van der Waals surface area contributed by atoms with Crippen molar-refractivity contribution in [2.24, 2.45) is 5.92 Å². The number of carbonyl (C=O) groups excluding carboxylic acids is 2. The smallest absolute Gasteiger partial charge is 0.245 e. The molecule has 2 heterocycles. The minimum Gasteiger partial charge on any atom is -0.342 e. The number of piperazine rings is 1. The molecule has 1 aliphatic carbocycles. The number of aryl methyl sites for hydroxylation is 1. The summed E-state index contributed by atoms with van der Waals surface area (Å²) in [5.74, 6) is 0.752. The van der Waals surface area contributed by atoms with Crippen LogP contribution in [0.5, 0.6) is 0 Å². The van der Waals surface area contributed by atoms with Crippen LogP contribution in [0.25, 0.3) is 0 Å². The van der Waals surface area contributed by atoms with Crippen LogP contribution in [0, 0.1) is 12.8 Å². The van der Waals surface area contributed by atoms with Gasteiger partial charge in [-0.2, -0.15) is 0 Å². The first-order valence-electron chi connectivity index (χ1n) is 10.5. The Hall–Kier alpha value is -1.88. The van der Waals surface area contributed by atoms with Gasteiger partial charge in [-0.3, -0.25) is 9.59 Å². The normalized spacial score (nSPS) is 28.9. The van der Waals surface area contributed by atoms with Crippen LogP contribution in [0.1, 0.15) is 56.1 Å². The van der Waals surface area contributed by atoms with Gasteiger partial charge in [0.2, 0.25) is 11.8 Å². The molecule has 0 bridgehead atoms. The minimum atomic E-state index is -0.313. The molecule has 146 valence electrons. The van der Waals surface area contributed by atoms with Crippen molar-refractivity contribution in [1.29, 1.82) is 0 Å². The van der Waals surface area contributed by atoms with Gasteiger partial charge in [0.1, 0.15) is 12.1 Å². The van der Waals surface area contributed by atoms with Crippen molar-refractivity contribution >= 4 is 11.8 Å². The molecule has 27 heavy (non-hydrogen) atoms. The molecule has 0 radical (unpaired) electrons. The van der Waals surface area contributed by atoms with Gasteiger partial charge in [0.05, 0.1) is 0 Å². The number of fused-ring (bicyclic) bond motifs is 1. The molecule has 1 saturated carbocycles. The van der Waals surface area contributed by atoms with Crippen LogP contribution >= 0.6 is 0 Å². The lowest BCUT2D eigenvalue weighted by atomic mass is 9.84. The van der Waals surface area contributed by atoms with Gasteiger partial charge in [0.15, 0.2) is 0 Å². The topological polar surface area (TPSA) is 61.4 Å². The molecule has 1 aromatic carbocycles. The predicted octanol–water partition coefficient (Wildman–Crippen LogP) is 2.52. The van der Waals surface area contributed by atoms with Crippen LogP contribution < -0.4 is 10.6 Å². The van der Waals surface area contributed by atoms with E-state index < -0.39 is 0 Å². The van der Waals surface area contributed by atoms with Gasteiger partial charge in [-0.25, -0.2) is 0 Å². The largest absolute Gasteiger partial charge is 0.342 e. The van der Waals surface area contributed by atoms with Crippen LogP contribution in [0.2, 0.25) is 0 Å². The Bertz CT molecular complexity index is 699. The molecule has 5 heteroatoms. The summed E-state index contributed by atoms with van der Waals surface area (Å²) >= 11 is 0.